The summed E-state index contributed by atoms with van der Waals surface area (Å²) >= 11 is 5.68. The van der Waals surface area contributed by atoms with E-state index in [-0.39, 0.29) is 17.7 Å². The maximum atomic E-state index is 11.6. The van der Waals surface area contributed by atoms with Crippen molar-refractivity contribution in [2.24, 2.45) is 5.41 Å². The Morgan fingerprint density at radius 2 is 1.82 bits per heavy atom. The van der Waals surface area contributed by atoms with E-state index in [0.717, 1.165) is 6.42 Å². The lowest BCUT2D eigenvalue weighted by Crippen LogP contribution is -2.38. The first-order chi connectivity index (χ1) is 7.94. The number of rotatable bonds is 8. The Morgan fingerprint density at radius 3 is 2.35 bits per heavy atom. The van der Waals surface area contributed by atoms with Crippen molar-refractivity contribution in [3.05, 3.63) is 0 Å². The SMILES string of the molecule is CCCNC(=O)CCCNC(=O)C(C)(C)CCl. The summed E-state index contributed by atoms with van der Waals surface area (Å²) in [6.07, 6.45) is 2.04. The van der Waals surface area contributed by atoms with Gasteiger partial charge in [-0.3, -0.25) is 9.59 Å². The Kier molecular flexibility index (Phi) is 7.96. The van der Waals surface area contributed by atoms with E-state index in [1.807, 2.05) is 6.92 Å². The fraction of sp³-hybridized carbons (Fsp3) is 0.833. The molecule has 0 atom stereocenters. The van der Waals surface area contributed by atoms with Gasteiger partial charge in [-0.15, -0.1) is 11.6 Å². The molecule has 17 heavy (non-hydrogen) atoms. The lowest BCUT2D eigenvalue weighted by atomic mass is 9.95. The van der Waals surface area contributed by atoms with Crippen LogP contribution in [0.5, 0.6) is 0 Å². The Balaban J connectivity index is 3.65. The van der Waals surface area contributed by atoms with Crippen molar-refractivity contribution >= 4 is 23.4 Å². The minimum absolute atomic E-state index is 0.0395. The fourth-order valence-electron chi connectivity index (χ4n) is 1.10. The highest BCUT2D eigenvalue weighted by molar-refractivity contribution is 6.19. The summed E-state index contributed by atoms with van der Waals surface area (Å²) in [7, 11) is 0. The van der Waals surface area contributed by atoms with Gasteiger partial charge in [0.15, 0.2) is 0 Å². The molecule has 0 saturated heterocycles. The van der Waals surface area contributed by atoms with Crippen LogP contribution in [0.4, 0.5) is 0 Å². The average Bonchev–Trinajstić information content (AvgIpc) is 2.31. The number of carbonyl (C=O) groups is 2. The first-order valence-corrected chi connectivity index (χ1v) is 6.58. The van der Waals surface area contributed by atoms with Crippen molar-refractivity contribution in [3.8, 4) is 0 Å². The zero-order valence-corrected chi connectivity index (χ0v) is 11.7. The summed E-state index contributed by atoms with van der Waals surface area (Å²) in [6, 6.07) is 0. The van der Waals surface area contributed by atoms with Gasteiger partial charge in [0.1, 0.15) is 0 Å². The van der Waals surface area contributed by atoms with Crippen molar-refractivity contribution in [1.29, 1.82) is 0 Å². The topological polar surface area (TPSA) is 58.2 Å². The fourth-order valence-corrected chi connectivity index (χ4v) is 1.23. The molecular weight excluding hydrogens is 240 g/mol. The summed E-state index contributed by atoms with van der Waals surface area (Å²) in [5, 5.41) is 5.57. The largest absolute Gasteiger partial charge is 0.356 e. The zero-order chi connectivity index (χ0) is 13.3. The standard InChI is InChI=1S/C12H23ClN2O2/c1-4-7-14-10(16)6-5-8-15-11(17)12(2,3)9-13/h4-9H2,1-3H3,(H,14,16)(H,15,17). The molecule has 0 aromatic carbocycles. The van der Waals surface area contributed by atoms with Gasteiger partial charge >= 0.3 is 0 Å². The summed E-state index contributed by atoms with van der Waals surface area (Å²) in [5.74, 6) is 0.259. The van der Waals surface area contributed by atoms with E-state index >= 15 is 0 Å². The van der Waals surface area contributed by atoms with Gasteiger partial charge in [-0.25, -0.2) is 0 Å². The normalized spacial score (nSPS) is 11.1. The molecule has 0 unspecified atom stereocenters. The molecule has 0 bridgehead atoms. The maximum Gasteiger partial charge on any atom is 0.226 e. The second-order valence-corrected chi connectivity index (χ2v) is 4.99. The lowest BCUT2D eigenvalue weighted by Gasteiger charge is -2.20. The van der Waals surface area contributed by atoms with Gasteiger partial charge < -0.3 is 10.6 Å². The Morgan fingerprint density at radius 1 is 1.18 bits per heavy atom. The molecule has 0 saturated carbocycles. The van der Waals surface area contributed by atoms with E-state index in [0.29, 0.717) is 25.9 Å². The van der Waals surface area contributed by atoms with Crippen molar-refractivity contribution in [1.82, 2.24) is 10.6 Å². The van der Waals surface area contributed by atoms with Gasteiger partial charge in [0.05, 0.1) is 5.41 Å². The molecule has 0 heterocycles. The predicted molar refractivity (Wildman–Crippen MR) is 70.0 cm³/mol. The number of carbonyl (C=O) groups excluding carboxylic acids is 2. The number of hydrogen-bond donors (Lipinski definition) is 2. The van der Waals surface area contributed by atoms with Gasteiger partial charge in [-0.05, 0) is 26.7 Å². The summed E-state index contributed by atoms with van der Waals surface area (Å²) in [5.41, 5.74) is -0.550. The molecule has 0 aromatic rings. The second-order valence-electron chi connectivity index (χ2n) is 4.73. The van der Waals surface area contributed by atoms with Crippen LogP contribution in [0, 0.1) is 5.41 Å². The smallest absolute Gasteiger partial charge is 0.226 e. The third kappa shape index (κ3) is 7.21. The van der Waals surface area contributed by atoms with E-state index in [2.05, 4.69) is 10.6 Å². The van der Waals surface area contributed by atoms with Gasteiger partial charge in [-0.2, -0.15) is 0 Å². The van der Waals surface area contributed by atoms with Crippen LogP contribution in [0.15, 0.2) is 0 Å². The van der Waals surface area contributed by atoms with Crippen LogP contribution in [0.1, 0.15) is 40.0 Å². The molecule has 0 spiro atoms. The summed E-state index contributed by atoms with van der Waals surface area (Å²) < 4.78 is 0. The van der Waals surface area contributed by atoms with Crippen molar-refractivity contribution in [3.63, 3.8) is 0 Å². The van der Waals surface area contributed by atoms with Crippen molar-refractivity contribution < 1.29 is 9.59 Å². The number of amides is 2. The number of alkyl halides is 1. The van der Waals surface area contributed by atoms with E-state index in [1.54, 1.807) is 13.8 Å². The highest BCUT2D eigenvalue weighted by atomic mass is 35.5. The molecule has 0 aliphatic rings. The van der Waals surface area contributed by atoms with E-state index in [4.69, 9.17) is 11.6 Å². The van der Waals surface area contributed by atoms with E-state index in [9.17, 15) is 9.59 Å². The van der Waals surface area contributed by atoms with Crippen LogP contribution in [0.25, 0.3) is 0 Å². The molecule has 100 valence electrons. The van der Waals surface area contributed by atoms with E-state index < -0.39 is 5.41 Å². The Hall–Kier alpha value is -0.770. The molecule has 0 fully saturated rings. The third-order valence-electron chi connectivity index (χ3n) is 2.39. The highest BCUT2D eigenvalue weighted by Crippen LogP contribution is 2.16. The minimum Gasteiger partial charge on any atom is -0.356 e. The number of halogens is 1. The highest BCUT2D eigenvalue weighted by Gasteiger charge is 2.25. The van der Waals surface area contributed by atoms with Gasteiger partial charge in [0.25, 0.3) is 0 Å². The van der Waals surface area contributed by atoms with Crippen LogP contribution < -0.4 is 10.6 Å². The van der Waals surface area contributed by atoms with Crippen LogP contribution in [-0.2, 0) is 9.59 Å². The molecular formula is C12H23ClN2O2. The van der Waals surface area contributed by atoms with Crippen LogP contribution >= 0.6 is 11.6 Å². The molecule has 2 N–H and O–H groups in total. The van der Waals surface area contributed by atoms with Gasteiger partial charge in [0, 0.05) is 25.4 Å². The van der Waals surface area contributed by atoms with Crippen LogP contribution in [0.2, 0.25) is 0 Å². The number of nitrogens with one attached hydrogen (secondary N) is 2. The minimum atomic E-state index is -0.550. The third-order valence-corrected chi connectivity index (χ3v) is 3.06. The molecule has 0 radical (unpaired) electrons. The lowest BCUT2D eigenvalue weighted by molar-refractivity contribution is -0.128. The van der Waals surface area contributed by atoms with E-state index in [1.165, 1.54) is 0 Å². The first kappa shape index (κ1) is 16.2. The molecule has 5 heteroatoms. The number of hydrogen-bond acceptors (Lipinski definition) is 2. The molecule has 4 nitrogen and oxygen atoms in total. The quantitative estimate of drug-likeness (QED) is 0.516. The van der Waals surface area contributed by atoms with Gasteiger partial charge in [0.2, 0.25) is 11.8 Å². The average molecular weight is 263 g/mol. The molecule has 0 aromatic heterocycles. The van der Waals surface area contributed by atoms with Crippen LogP contribution in [-0.4, -0.2) is 30.8 Å². The predicted octanol–water partition coefficient (Wildman–Crippen LogP) is 1.67. The Bertz CT molecular complexity index is 255. The van der Waals surface area contributed by atoms with Crippen LogP contribution in [0.3, 0.4) is 0 Å². The molecule has 2 amide bonds. The Labute approximate surface area is 108 Å². The van der Waals surface area contributed by atoms with Gasteiger partial charge in [-0.1, -0.05) is 6.92 Å². The van der Waals surface area contributed by atoms with Crippen molar-refractivity contribution in [2.45, 2.75) is 40.0 Å². The molecule has 0 aliphatic carbocycles. The van der Waals surface area contributed by atoms with Crippen molar-refractivity contribution in [2.75, 3.05) is 19.0 Å². The molecule has 0 aliphatic heterocycles. The first-order valence-electron chi connectivity index (χ1n) is 6.05. The maximum absolute atomic E-state index is 11.6. The summed E-state index contributed by atoms with van der Waals surface area (Å²) in [4.78, 5) is 22.9. The monoisotopic (exact) mass is 262 g/mol. The summed E-state index contributed by atoms with van der Waals surface area (Å²) in [6.45, 7) is 6.82. The molecule has 0 rings (SSSR count). The second kappa shape index (κ2) is 8.34. The zero-order valence-electron chi connectivity index (χ0n) is 10.9.